The highest BCUT2D eigenvalue weighted by Crippen LogP contribution is 2.09. The van der Waals surface area contributed by atoms with E-state index in [9.17, 15) is 17.2 Å². The number of pyridine rings is 1. The molecule has 0 spiro atoms. The van der Waals surface area contributed by atoms with Crippen molar-refractivity contribution in [3.8, 4) is 0 Å². The summed E-state index contributed by atoms with van der Waals surface area (Å²) in [7, 11) is -3.94. The fraction of sp³-hybridized carbons (Fsp3) is 0.286. The Hall–Kier alpha value is -1.32. The van der Waals surface area contributed by atoms with Gasteiger partial charge in [-0.3, -0.25) is 0 Å². The number of anilines is 1. The molecule has 0 aromatic carbocycles. The molecule has 0 saturated heterocycles. The number of aromatic nitrogens is 1. The molecule has 9 heteroatoms. The first-order valence-electron chi connectivity index (χ1n) is 4.16. The summed E-state index contributed by atoms with van der Waals surface area (Å²) < 4.78 is 48.2. The van der Waals surface area contributed by atoms with Crippen LogP contribution in [0.3, 0.4) is 0 Å². The van der Waals surface area contributed by atoms with E-state index >= 15 is 0 Å². The molecule has 0 aliphatic heterocycles. The van der Waals surface area contributed by atoms with E-state index in [0.717, 1.165) is 6.20 Å². The van der Waals surface area contributed by atoms with Gasteiger partial charge in [-0.25, -0.2) is 32.7 Å². The van der Waals surface area contributed by atoms with Gasteiger partial charge in [0.25, 0.3) is 6.43 Å². The number of nitrogen functional groups attached to an aromatic ring is 1. The molecule has 4 N–H and O–H groups in total. The van der Waals surface area contributed by atoms with Gasteiger partial charge < -0.3 is 5.43 Å². The third kappa shape index (κ3) is 3.36. The summed E-state index contributed by atoms with van der Waals surface area (Å²) in [6.45, 7) is -0.931. The number of alkyl halides is 2. The van der Waals surface area contributed by atoms with Crippen molar-refractivity contribution in [2.24, 2.45) is 5.84 Å². The molecule has 0 unspecified atom stereocenters. The number of halogens is 2. The molecule has 90 valence electrons. The predicted octanol–water partition coefficient (Wildman–Crippen LogP) is -0.0894. The Morgan fingerprint density at radius 3 is 2.56 bits per heavy atom. The smallest absolute Gasteiger partial charge is 0.251 e. The van der Waals surface area contributed by atoms with Crippen molar-refractivity contribution in [1.29, 1.82) is 0 Å². The van der Waals surface area contributed by atoms with Crippen molar-refractivity contribution in [2.75, 3.05) is 12.0 Å². The third-order valence-corrected chi connectivity index (χ3v) is 3.03. The van der Waals surface area contributed by atoms with E-state index in [1.165, 1.54) is 12.1 Å². The topological polar surface area (TPSA) is 97.1 Å². The normalized spacial score (nSPS) is 11.8. The number of hydrazine groups is 1. The maximum absolute atomic E-state index is 11.8. The standard InChI is InChI=1S/C7H10F2N4O2S/c8-6(9)4-12-16(14,15)5-1-2-7(13-10)11-3-5/h1-3,6,12H,4,10H2,(H,11,13). The van der Waals surface area contributed by atoms with Crippen molar-refractivity contribution >= 4 is 15.8 Å². The Labute approximate surface area is 90.9 Å². The minimum atomic E-state index is -3.94. The highest BCUT2D eigenvalue weighted by molar-refractivity contribution is 7.89. The summed E-state index contributed by atoms with van der Waals surface area (Å²) in [4.78, 5) is 3.45. The van der Waals surface area contributed by atoms with Crippen LogP contribution in [0, 0.1) is 0 Å². The number of rotatable bonds is 5. The lowest BCUT2D eigenvalue weighted by atomic mass is 10.5. The first-order chi connectivity index (χ1) is 7.45. The second-order valence-electron chi connectivity index (χ2n) is 2.77. The fourth-order valence-electron chi connectivity index (χ4n) is 0.881. The van der Waals surface area contributed by atoms with Gasteiger partial charge in [0, 0.05) is 6.20 Å². The molecule has 1 aromatic heterocycles. The van der Waals surface area contributed by atoms with Crippen LogP contribution in [0.15, 0.2) is 23.2 Å². The number of nitrogens with zero attached hydrogens (tertiary/aromatic N) is 1. The van der Waals surface area contributed by atoms with Gasteiger partial charge in [0.1, 0.15) is 10.7 Å². The second kappa shape index (κ2) is 5.14. The Morgan fingerprint density at radius 1 is 1.44 bits per heavy atom. The van der Waals surface area contributed by atoms with E-state index in [2.05, 4.69) is 10.4 Å². The van der Waals surface area contributed by atoms with E-state index in [-0.39, 0.29) is 10.7 Å². The summed E-state index contributed by atoms with van der Waals surface area (Å²) in [6.07, 6.45) is -1.73. The summed E-state index contributed by atoms with van der Waals surface area (Å²) in [5, 5.41) is 0. The van der Waals surface area contributed by atoms with E-state index in [1.807, 2.05) is 0 Å². The molecule has 0 amide bonds. The molecule has 0 aliphatic rings. The average Bonchev–Trinajstić information content (AvgIpc) is 2.27. The van der Waals surface area contributed by atoms with Crippen molar-refractivity contribution in [1.82, 2.24) is 9.71 Å². The molecule has 0 saturated carbocycles. The third-order valence-electron chi connectivity index (χ3n) is 1.62. The van der Waals surface area contributed by atoms with Crippen LogP contribution in [0.4, 0.5) is 14.6 Å². The van der Waals surface area contributed by atoms with Gasteiger partial charge in [-0.1, -0.05) is 0 Å². The van der Waals surface area contributed by atoms with Gasteiger partial charge in [-0.05, 0) is 12.1 Å². The molecule has 6 nitrogen and oxygen atoms in total. The Kier molecular flexibility index (Phi) is 4.10. The van der Waals surface area contributed by atoms with Gasteiger partial charge >= 0.3 is 0 Å². The molecular formula is C7H10F2N4O2S. The molecule has 1 aromatic rings. The summed E-state index contributed by atoms with van der Waals surface area (Å²) in [5.41, 5.74) is 2.21. The molecule has 1 heterocycles. The molecule has 1 rings (SSSR count). The van der Waals surface area contributed by atoms with Crippen molar-refractivity contribution in [2.45, 2.75) is 11.3 Å². The Balaban J connectivity index is 2.82. The highest BCUT2D eigenvalue weighted by Gasteiger charge is 2.16. The lowest BCUT2D eigenvalue weighted by Crippen LogP contribution is -2.28. The van der Waals surface area contributed by atoms with Crippen LogP contribution in [0.1, 0.15) is 0 Å². The number of sulfonamides is 1. The monoisotopic (exact) mass is 252 g/mol. The van der Waals surface area contributed by atoms with Crippen molar-refractivity contribution < 1.29 is 17.2 Å². The average molecular weight is 252 g/mol. The van der Waals surface area contributed by atoms with Gasteiger partial charge in [0.15, 0.2) is 0 Å². The van der Waals surface area contributed by atoms with Crippen LogP contribution in [-0.2, 0) is 10.0 Å². The van der Waals surface area contributed by atoms with Crippen LogP contribution >= 0.6 is 0 Å². The molecule has 16 heavy (non-hydrogen) atoms. The zero-order chi connectivity index (χ0) is 12.2. The van der Waals surface area contributed by atoms with Gasteiger partial charge in [-0.2, -0.15) is 0 Å². The largest absolute Gasteiger partial charge is 0.308 e. The second-order valence-corrected chi connectivity index (χ2v) is 4.53. The number of nitrogens with two attached hydrogens (primary N) is 1. The van der Waals surface area contributed by atoms with Crippen molar-refractivity contribution in [3.05, 3.63) is 18.3 Å². The summed E-state index contributed by atoms with van der Waals surface area (Å²) in [5.74, 6) is 5.30. The summed E-state index contributed by atoms with van der Waals surface area (Å²) >= 11 is 0. The Morgan fingerprint density at radius 2 is 2.12 bits per heavy atom. The molecule has 0 aliphatic carbocycles. The lowest BCUT2D eigenvalue weighted by molar-refractivity contribution is 0.153. The molecule has 0 atom stereocenters. The van der Waals surface area contributed by atoms with E-state index in [0.29, 0.717) is 0 Å². The number of hydrogen-bond donors (Lipinski definition) is 3. The van der Waals surface area contributed by atoms with Gasteiger partial charge in [0.2, 0.25) is 10.0 Å². The number of nitrogens with one attached hydrogen (secondary N) is 2. The number of hydrogen-bond acceptors (Lipinski definition) is 5. The SMILES string of the molecule is NNc1ccc(S(=O)(=O)NCC(F)F)cn1. The molecule has 0 radical (unpaired) electrons. The zero-order valence-electron chi connectivity index (χ0n) is 8.02. The van der Waals surface area contributed by atoms with Gasteiger partial charge in [-0.15, -0.1) is 0 Å². The molecule has 0 bridgehead atoms. The van der Waals surface area contributed by atoms with Crippen LogP contribution < -0.4 is 16.0 Å². The summed E-state index contributed by atoms with van der Waals surface area (Å²) in [6, 6.07) is 2.52. The Bertz CT molecular complexity index is 434. The maximum atomic E-state index is 11.8. The quantitative estimate of drug-likeness (QED) is 0.502. The molecular weight excluding hydrogens is 242 g/mol. The first kappa shape index (κ1) is 12.7. The minimum absolute atomic E-state index is 0.202. The van der Waals surface area contributed by atoms with Crippen LogP contribution in [-0.4, -0.2) is 26.4 Å². The fourth-order valence-corrected chi connectivity index (χ4v) is 1.83. The van der Waals surface area contributed by atoms with Crippen LogP contribution in [0.2, 0.25) is 0 Å². The lowest BCUT2D eigenvalue weighted by Gasteiger charge is -2.06. The van der Waals surface area contributed by atoms with E-state index in [4.69, 9.17) is 5.84 Å². The molecule has 0 fully saturated rings. The van der Waals surface area contributed by atoms with Crippen LogP contribution in [0.25, 0.3) is 0 Å². The minimum Gasteiger partial charge on any atom is -0.308 e. The van der Waals surface area contributed by atoms with Gasteiger partial charge in [0.05, 0.1) is 6.54 Å². The van der Waals surface area contributed by atoms with E-state index < -0.39 is 23.0 Å². The highest BCUT2D eigenvalue weighted by atomic mass is 32.2. The van der Waals surface area contributed by atoms with Crippen LogP contribution in [0.5, 0.6) is 0 Å². The first-order valence-corrected chi connectivity index (χ1v) is 5.64. The zero-order valence-corrected chi connectivity index (χ0v) is 8.84. The maximum Gasteiger partial charge on any atom is 0.251 e. The predicted molar refractivity (Wildman–Crippen MR) is 53.2 cm³/mol. The van der Waals surface area contributed by atoms with Crippen molar-refractivity contribution in [3.63, 3.8) is 0 Å². The van der Waals surface area contributed by atoms with E-state index in [1.54, 1.807) is 4.72 Å².